The minimum Gasteiger partial charge on any atom is -0.307 e. The quantitative estimate of drug-likeness (QED) is 0.853. The first kappa shape index (κ1) is 10.5. The van der Waals surface area contributed by atoms with Crippen LogP contribution in [0.2, 0.25) is 0 Å². The fraction of sp³-hybridized carbons (Fsp3) is 0.357. The van der Waals surface area contributed by atoms with Crippen LogP contribution in [0.1, 0.15) is 35.5 Å². The summed E-state index contributed by atoms with van der Waals surface area (Å²) in [7, 11) is 0. The van der Waals surface area contributed by atoms with E-state index in [2.05, 4.69) is 54.2 Å². The minimum atomic E-state index is 0.307. The molecule has 0 bridgehead atoms. The molecule has 1 N–H and O–H groups in total. The lowest BCUT2D eigenvalue weighted by atomic mass is 10.1. The molecule has 2 aromatic rings. The lowest BCUT2D eigenvalue weighted by Gasteiger charge is -2.15. The van der Waals surface area contributed by atoms with Gasteiger partial charge < -0.3 is 5.32 Å². The zero-order valence-corrected chi connectivity index (χ0v) is 10.3. The third kappa shape index (κ3) is 1.67. The molecule has 88 valence electrons. The first-order valence-corrected chi connectivity index (χ1v) is 6.10. The van der Waals surface area contributed by atoms with Gasteiger partial charge in [0.05, 0.1) is 11.7 Å². The second-order valence-corrected chi connectivity index (χ2v) is 4.65. The maximum Gasteiger partial charge on any atom is 0.0810 e. The fourth-order valence-corrected chi connectivity index (χ4v) is 2.54. The molecular formula is C14H17N3. The van der Waals surface area contributed by atoms with E-state index < -0.39 is 0 Å². The van der Waals surface area contributed by atoms with Crippen LogP contribution >= 0.6 is 0 Å². The van der Waals surface area contributed by atoms with E-state index in [0.717, 1.165) is 13.1 Å². The highest BCUT2D eigenvalue weighted by molar-refractivity contribution is 5.30. The smallest absolute Gasteiger partial charge is 0.0810 e. The Labute approximate surface area is 101 Å². The summed E-state index contributed by atoms with van der Waals surface area (Å²) >= 11 is 0. The van der Waals surface area contributed by atoms with Gasteiger partial charge in [-0.1, -0.05) is 30.3 Å². The zero-order chi connectivity index (χ0) is 11.8. The van der Waals surface area contributed by atoms with Gasteiger partial charge in [-0.25, -0.2) is 0 Å². The van der Waals surface area contributed by atoms with Crippen LogP contribution in [0.3, 0.4) is 0 Å². The van der Waals surface area contributed by atoms with Crippen molar-refractivity contribution >= 4 is 0 Å². The van der Waals surface area contributed by atoms with E-state index in [9.17, 15) is 0 Å². The van der Waals surface area contributed by atoms with E-state index in [1.807, 2.05) is 0 Å². The van der Waals surface area contributed by atoms with E-state index in [-0.39, 0.29) is 0 Å². The van der Waals surface area contributed by atoms with Gasteiger partial charge in [-0.05, 0) is 19.4 Å². The lowest BCUT2D eigenvalue weighted by Crippen LogP contribution is -2.13. The molecule has 0 spiro atoms. The Hall–Kier alpha value is -1.61. The summed E-state index contributed by atoms with van der Waals surface area (Å²) in [6.45, 7) is 6.24. The SMILES string of the molecule is Cc1c2c(nn1C(C)c1ccccc1)CNC2. The van der Waals surface area contributed by atoms with Crippen molar-refractivity contribution < 1.29 is 0 Å². The molecule has 3 rings (SSSR count). The molecule has 0 aliphatic carbocycles. The van der Waals surface area contributed by atoms with Crippen molar-refractivity contribution in [3.63, 3.8) is 0 Å². The Morgan fingerprint density at radius 2 is 2.00 bits per heavy atom. The van der Waals surface area contributed by atoms with Crippen LogP contribution < -0.4 is 5.32 Å². The summed E-state index contributed by atoms with van der Waals surface area (Å²) in [5.41, 5.74) is 5.20. The molecule has 1 aromatic heterocycles. The van der Waals surface area contributed by atoms with Crippen LogP contribution in [0.15, 0.2) is 30.3 Å². The molecule has 0 saturated heterocycles. The van der Waals surface area contributed by atoms with Crippen molar-refractivity contribution in [1.82, 2.24) is 15.1 Å². The van der Waals surface area contributed by atoms with Crippen LogP contribution in [0.4, 0.5) is 0 Å². The third-order valence-corrected chi connectivity index (χ3v) is 3.60. The van der Waals surface area contributed by atoms with Gasteiger partial charge in [0, 0.05) is 24.3 Å². The summed E-state index contributed by atoms with van der Waals surface area (Å²) in [6, 6.07) is 10.8. The van der Waals surface area contributed by atoms with Gasteiger partial charge in [-0.15, -0.1) is 0 Å². The summed E-state index contributed by atoms with van der Waals surface area (Å²) in [5.74, 6) is 0. The molecule has 3 heteroatoms. The molecule has 1 aliphatic rings. The standard InChI is InChI=1S/C14H17N3/c1-10(12-6-4-3-5-7-12)17-11(2)13-8-15-9-14(13)16-17/h3-7,10,15H,8-9H2,1-2H3. The highest BCUT2D eigenvalue weighted by Gasteiger charge is 2.21. The van der Waals surface area contributed by atoms with Gasteiger partial charge >= 0.3 is 0 Å². The Bertz CT molecular complexity index is 528. The number of nitrogens with zero attached hydrogens (tertiary/aromatic N) is 2. The monoisotopic (exact) mass is 227 g/mol. The van der Waals surface area contributed by atoms with E-state index >= 15 is 0 Å². The molecule has 0 radical (unpaired) electrons. The molecular weight excluding hydrogens is 210 g/mol. The maximum absolute atomic E-state index is 4.72. The van der Waals surface area contributed by atoms with Crippen LogP contribution in [0.25, 0.3) is 0 Å². The molecule has 3 nitrogen and oxygen atoms in total. The van der Waals surface area contributed by atoms with Gasteiger partial charge in [-0.2, -0.15) is 5.10 Å². The lowest BCUT2D eigenvalue weighted by molar-refractivity contribution is 0.534. The summed E-state index contributed by atoms with van der Waals surface area (Å²) in [5, 5.41) is 8.06. The van der Waals surface area contributed by atoms with Crippen molar-refractivity contribution in [2.45, 2.75) is 33.0 Å². The number of fused-ring (bicyclic) bond motifs is 1. The van der Waals surface area contributed by atoms with Gasteiger partial charge in [0.25, 0.3) is 0 Å². The molecule has 1 aromatic carbocycles. The maximum atomic E-state index is 4.72. The Balaban J connectivity index is 2.00. The van der Waals surface area contributed by atoms with Crippen LogP contribution in [-0.4, -0.2) is 9.78 Å². The highest BCUT2D eigenvalue weighted by Crippen LogP contribution is 2.24. The summed E-state index contributed by atoms with van der Waals surface area (Å²) in [6.07, 6.45) is 0. The van der Waals surface area contributed by atoms with E-state index in [1.54, 1.807) is 0 Å². The van der Waals surface area contributed by atoms with E-state index in [1.165, 1.54) is 22.5 Å². The van der Waals surface area contributed by atoms with Crippen molar-refractivity contribution in [3.8, 4) is 0 Å². The summed E-state index contributed by atoms with van der Waals surface area (Å²) < 4.78 is 2.15. The number of hydrogen-bond donors (Lipinski definition) is 1. The molecule has 17 heavy (non-hydrogen) atoms. The second kappa shape index (κ2) is 4.00. The predicted molar refractivity (Wildman–Crippen MR) is 67.8 cm³/mol. The van der Waals surface area contributed by atoms with Gasteiger partial charge in [-0.3, -0.25) is 4.68 Å². The van der Waals surface area contributed by atoms with Crippen LogP contribution in [0, 0.1) is 6.92 Å². The van der Waals surface area contributed by atoms with Crippen LogP contribution in [-0.2, 0) is 13.1 Å². The van der Waals surface area contributed by atoms with Gasteiger partial charge in [0.15, 0.2) is 0 Å². The van der Waals surface area contributed by atoms with Crippen molar-refractivity contribution in [3.05, 3.63) is 52.8 Å². The Morgan fingerprint density at radius 1 is 1.24 bits per heavy atom. The topological polar surface area (TPSA) is 29.9 Å². The third-order valence-electron chi connectivity index (χ3n) is 3.60. The van der Waals surface area contributed by atoms with Crippen molar-refractivity contribution in [2.24, 2.45) is 0 Å². The molecule has 1 atom stereocenters. The van der Waals surface area contributed by atoms with Crippen LogP contribution in [0.5, 0.6) is 0 Å². The first-order chi connectivity index (χ1) is 8.27. The van der Waals surface area contributed by atoms with Crippen molar-refractivity contribution in [2.75, 3.05) is 0 Å². The first-order valence-electron chi connectivity index (χ1n) is 6.10. The van der Waals surface area contributed by atoms with E-state index in [4.69, 9.17) is 5.10 Å². The number of hydrogen-bond acceptors (Lipinski definition) is 2. The van der Waals surface area contributed by atoms with Gasteiger partial charge in [0.2, 0.25) is 0 Å². The average Bonchev–Trinajstić information content (AvgIpc) is 2.93. The Morgan fingerprint density at radius 3 is 2.71 bits per heavy atom. The zero-order valence-electron chi connectivity index (χ0n) is 10.3. The molecule has 1 unspecified atom stereocenters. The molecule has 0 fully saturated rings. The molecule has 0 saturated carbocycles. The number of aromatic nitrogens is 2. The number of benzene rings is 1. The van der Waals surface area contributed by atoms with Gasteiger partial charge in [0.1, 0.15) is 0 Å². The highest BCUT2D eigenvalue weighted by atomic mass is 15.3. The number of nitrogens with one attached hydrogen (secondary N) is 1. The summed E-state index contributed by atoms with van der Waals surface area (Å²) in [4.78, 5) is 0. The fourth-order valence-electron chi connectivity index (χ4n) is 2.54. The molecule has 0 amide bonds. The predicted octanol–water partition coefficient (Wildman–Crippen LogP) is 2.40. The largest absolute Gasteiger partial charge is 0.307 e. The average molecular weight is 227 g/mol. The molecule has 2 heterocycles. The van der Waals surface area contributed by atoms with E-state index in [0.29, 0.717) is 6.04 Å². The molecule has 1 aliphatic heterocycles. The minimum absolute atomic E-state index is 0.307. The second-order valence-electron chi connectivity index (χ2n) is 4.65. The Kier molecular flexibility index (Phi) is 2.48. The normalized spacial score (nSPS) is 15.9. The number of rotatable bonds is 2. The van der Waals surface area contributed by atoms with Crippen molar-refractivity contribution in [1.29, 1.82) is 0 Å².